The van der Waals surface area contributed by atoms with Crippen LogP contribution in [0.3, 0.4) is 0 Å². The molecule has 0 bridgehead atoms. The molecule has 0 spiro atoms. The van der Waals surface area contributed by atoms with Crippen LogP contribution in [0.25, 0.3) is 0 Å². The Hall–Kier alpha value is -1.09. The van der Waals surface area contributed by atoms with Crippen molar-refractivity contribution in [1.82, 2.24) is 0 Å². The minimum atomic E-state index is -0.887. The molecule has 2 rings (SSSR count). The first-order chi connectivity index (χ1) is 9.00. The van der Waals surface area contributed by atoms with E-state index in [0.717, 1.165) is 5.56 Å². The summed E-state index contributed by atoms with van der Waals surface area (Å²) in [6.07, 6.45) is -0.795. The molecule has 4 heteroatoms. The van der Waals surface area contributed by atoms with Crippen molar-refractivity contribution in [3.63, 3.8) is 0 Å². The van der Waals surface area contributed by atoms with Crippen molar-refractivity contribution in [2.24, 2.45) is 0 Å². The van der Waals surface area contributed by atoms with Crippen LogP contribution in [0, 0.1) is 12.7 Å². The summed E-state index contributed by atoms with van der Waals surface area (Å²) in [4.78, 5) is 0. The van der Waals surface area contributed by atoms with E-state index in [0.29, 0.717) is 21.2 Å². The SMILES string of the molecule is Cc1cccc(C(O)Cc2c(F)cccc2Cl)c1Cl. The van der Waals surface area contributed by atoms with Gasteiger partial charge in [0.15, 0.2) is 0 Å². The molecule has 0 saturated carbocycles. The van der Waals surface area contributed by atoms with E-state index in [1.807, 2.05) is 19.1 Å². The predicted octanol–water partition coefficient (Wildman–Crippen LogP) is 4.72. The molecule has 100 valence electrons. The van der Waals surface area contributed by atoms with E-state index in [1.165, 1.54) is 12.1 Å². The van der Waals surface area contributed by atoms with Crippen LogP contribution in [0.5, 0.6) is 0 Å². The zero-order valence-electron chi connectivity index (χ0n) is 10.3. The molecule has 0 aliphatic carbocycles. The van der Waals surface area contributed by atoms with Crippen molar-refractivity contribution >= 4 is 23.2 Å². The normalized spacial score (nSPS) is 12.5. The maximum absolute atomic E-state index is 13.7. The highest BCUT2D eigenvalue weighted by atomic mass is 35.5. The Kier molecular flexibility index (Phi) is 4.46. The molecule has 1 unspecified atom stereocenters. The Morgan fingerprint density at radius 3 is 2.53 bits per heavy atom. The fourth-order valence-electron chi connectivity index (χ4n) is 1.96. The minimum absolute atomic E-state index is 0.0919. The smallest absolute Gasteiger partial charge is 0.127 e. The fourth-order valence-corrected chi connectivity index (χ4v) is 2.45. The van der Waals surface area contributed by atoms with Crippen LogP contribution in [0.1, 0.15) is 22.8 Å². The van der Waals surface area contributed by atoms with Gasteiger partial charge in [0.25, 0.3) is 0 Å². The molecule has 0 aliphatic rings. The van der Waals surface area contributed by atoms with Gasteiger partial charge in [-0.25, -0.2) is 4.39 Å². The van der Waals surface area contributed by atoms with Crippen LogP contribution in [-0.4, -0.2) is 5.11 Å². The Morgan fingerprint density at radius 1 is 1.16 bits per heavy atom. The summed E-state index contributed by atoms with van der Waals surface area (Å²) in [7, 11) is 0. The second kappa shape index (κ2) is 5.91. The van der Waals surface area contributed by atoms with Crippen LogP contribution in [0.15, 0.2) is 36.4 Å². The number of hydrogen-bond donors (Lipinski definition) is 1. The summed E-state index contributed by atoms with van der Waals surface area (Å²) < 4.78 is 13.7. The van der Waals surface area contributed by atoms with E-state index >= 15 is 0 Å². The van der Waals surface area contributed by atoms with Gasteiger partial charge in [-0.2, -0.15) is 0 Å². The van der Waals surface area contributed by atoms with E-state index in [1.54, 1.807) is 12.1 Å². The van der Waals surface area contributed by atoms with Gasteiger partial charge in [0.2, 0.25) is 0 Å². The summed E-state index contributed by atoms with van der Waals surface area (Å²) >= 11 is 12.1. The van der Waals surface area contributed by atoms with Gasteiger partial charge in [-0.15, -0.1) is 0 Å². The van der Waals surface area contributed by atoms with Gasteiger partial charge in [-0.05, 0) is 30.2 Å². The Labute approximate surface area is 121 Å². The van der Waals surface area contributed by atoms with Gasteiger partial charge in [0.1, 0.15) is 5.82 Å². The topological polar surface area (TPSA) is 20.2 Å². The van der Waals surface area contributed by atoms with Crippen LogP contribution in [0.4, 0.5) is 4.39 Å². The average molecular weight is 299 g/mol. The average Bonchev–Trinajstić information content (AvgIpc) is 2.37. The highest BCUT2D eigenvalue weighted by Gasteiger charge is 2.17. The van der Waals surface area contributed by atoms with Crippen LogP contribution in [0.2, 0.25) is 10.0 Å². The van der Waals surface area contributed by atoms with Crippen molar-refractivity contribution < 1.29 is 9.50 Å². The zero-order chi connectivity index (χ0) is 14.0. The van der Waals surface area contributed by atoms with Gasteiger partial charge in [-0.1, -0.05) is 47.5 Å². The number of halogens is 3. The summed E-state index contributed by atoms with van der Waals surface area (Å²) in [6.45, 7) is 1.86. The lowest BCUT2D eigenvalue weighted by atomic mass is 9.99. The van der Waals surface area contributed by atoms with Gasteiger partial charge in [0.05, 0.1) is 6.10 Å². The molecular formula is C15H13Cl2FO. The van der Waals surface area contributed by atoms with Gasteiger partial charge in [0, 0.05) is 22.0 Å². The summed E-state index contributed by atoms with van der Waals surface area (Å²) in [5.41, 5.74) is 1.76. The van der Waals surface area contributed by atoms with Crippen molar-refractivity contribution in [2.45, 2.75) is 19.4 Å². The van der Waals surface area contributed by atoms with Gasteiger partial charge in [-0.3, -0.25) is 0 Å². The first-order valence-electron chi connectivity index (χ1n) is 5.86. The van der Waals surface area contributed by atoms with E-state index < -0.39 is 11.9 Å². The predicted molar refractivity (Wildman–Crippen MR) is 76.3 cm³/mol. The Morgan fingerprint density at radius 2 is 1.84 bits per heavy atom. The number of aliphatic hydroxyl groups excluding tert-OH is 1. The Balaban J connectivity index is 2.31. The van der Waals surface area contributed by atoms with E-state index in [-0.39, 0.29) is 6.42 Å². The molecule has 0 saturated heterocycles. The molecular weight excluding hydrogens is 286 g/mol. The molecule has 0 radical (unpaired) electrons. The highest BCUT2D eigenvalue weighted by Crippen LogP contribution is 2.30. The van der Waals surface area contributed by atoms with Crippen LogP contribution >= 0.6 is 23.2 Å². The summed E-state index contributed by atoms with van der Waals surface area (Å²) in [6, 6.07) is 9.86. The third-order valence-corrected chi connectivity index (χ3v) is 3.91. The van der Waals surface area contributed by atoms with Gasteiger partial charge < -0.3 is 5.11 Å². The van der Waals surface area contributed by atoms with Crippen molar-refractivity contribution in [2.75, 3.05) is 0 Å². The molecule has 0 fully saturated rings. The molecule has 1 nitrogen and oxygen atoms in total. The maximum Gasteiger partial charge on any atom is 0.127 e. The summed E-state index contributed by atoms with van der Waals surface area (Å²) in [5.74, 6) is -0.421. The maximum atomic E-state index is 13.7. The number of hydrogen-bond acceptors (Lipinski definition) is 1. The third-order valence-electron chi connectivity index (χ3n) is 3.04. The fraction of sp³-hybridized carbons (Fsp3) is 0.200. The molecule has 1 N–H and O–H groups in total. The first-order valence-corrected chi connectivity index (χ1v) is 6.62. The standard InChI is InChI=1S/C15H13Cl2FO/c1-9-4-2-5-10(15(9)17)14(19)8-11-12(16)6-3-7-13(11)18/h2-7,14,19H,8H2,1H3. The van der Waals surface area contributed by atoms with Crippen molar-refractivity contribution in [3.8, 4) is 0 Å². The molecule has 2 aromatic rings. The quantitative estimate of drug-likeness (QED) is 0.869. The van der Waals surface area contributed by atoms with Crippen LogP contribution < -0.4 is 0 Å². The Bertz CT molecular complexity index is 578. The number of rotatable bonds is 3. The van der Waals surface area contributed by atoms with Gasteiger partial charge >= 0.3 is 0 Å². The molecule has 0 aliphatic heterocycles. The van der Waals surface area contributed by atoms with Crippen LogP contribution in [-0.2, 0) is 6.42 Å². The third kappa shape index (κ3) is 3.08. The minimum Gasteiger partial charge on any atom is -0.388 e. The lowest BCUT2D eigenvalue weighted by molar-refractivity contribution is 0.177. The second-order valence-electron chi connectivity index (χ2n) is 4.40. The lowest BCUT2D eigenvalue weighted by Gasteiger charge is -2.15. The molecule has 0 heterocycles. The molecule has 1 atom stereocenters. The second-order valence-corrected chi connectivity index (χ2v) is 5.18. The molecule has 0 aromatic heterocycles. The number of aliphatic hydroxyl groups is 1. The molecule has 19 heavy (non-hydrogen) atoms. The van der Waals surface area contributed by atoms with Crippen molar-refractivity contribution in [3.05, 3.63) is 69.0 Å². The zero-order valence-corrected chi connectivity index (χ0v) is 11.8. The molecule has 2 aromatic carbocycles. The molecule has 0 amide bonds. The summed E-state index contributed by atoms with van der Waals surface area (Å²) in [5, 5.41) is 11.0. The number of benzene rings is 2. The van der Waals surface area contributed by atoms with Crippen molar-refractivity contribution in [1.29, 1.82) is 0 Å². The number of aryl methyl sites for hydroxylation is 1. The van der Waals surface area contributed by atoms with E-state index in [9.17, 15) is 9.50 Å². The largest absolute Gasteiger partial charge is 0.388 e. The highest BCUT2D eigenvalue weighted by molar-refractivity contribution is 6.32. The monoisotopic (exact) mass is 298 g/mol. The first kappa shape index (κ1) is 14.3. The lowest BCUT2D eigenvalue weighted by Crippen LogP contribution is -2.05. The van der Waals surface area contributed by atoms with E-state index in [2.05, 4.69) is 0 Å². The van der Waals surface area contributed by atoms with E-state index in [4.69, 9.17) is 23.2 Å².